The third-order valence-electron chi connectivity index (χ3n) is 8.01. The number of urea groups is 1. The fourth-order valence-electron chi connectivity index (χ4n) is 5.77. The number of amides is 3. The Balaban J connectivity index is 1.40. The number of nitrogens with one attached hydrogen (secondary N) is 3. The second kappa shape index (κ2) is 12.2. The molecule has 0 unspecified atom stereocenters. The maximum absolute atomic E-state index is 13.3. The van der Waals surface area contributed by atoms with Gasteiger partial charge in [-0.1, -0.05) is 17.7 Å². The van der Waals surface area contributed by atoms with E-state index in [-0.39, 0.29) is 29.6 Å². The molecule has 1 aliphatic carbocycles. The first-order valence-corrected chi connectivity index (χ1v) is 14.8. The number of aromatic amines is 1. The van der Waals surface area contributed by atoms with E-state index >= 15 is 0 Å². The van der Waals surface area contributed by atoms with Gasteiger partial charge in [0.25, 0.3) is 11.5 Å². The highest BCUT2D eigenvalue weighted by Crippen LogP contribution is 2.36. The molecular weight excluding hydrogens is 566 g/mol. The molecule has 0 radical (unpaired) electrons. The molecule has 3 N–H and O–H groups in total. The quantitative estimate of drug-likeness (QED) is 0.243. The van der Waals surface area contributed by atoms with Gasteiger partial charge in [0.2, 0.25) is 0 Å². The van der Waals surface area contributed by atoms with Crippen LogP contribution in [0.25, 0.3) is 22.0 Å². The lowest BCUT2D eigenvalue weighted by atomic mass is 9.91. The second-order valence-corrected chi connectivity index (χ2v) is 12.2. The van der Waals surface area contributed by atoms with Gasteiger partial charge in [0.05, 0.1) is 0 Å². The number of H-pyrrole nitrogens is 1. The van der Waals surface area contributed by atoms with Crippen LogP contribution in [0, 0.1) is 20.8 Å². The van der Waals surface area contributed by atoms with Gasteiger partial charge in [-0.3, -0.25) is 9.59 Å². The van der Waals surface area contributed by atoms with Crippen molar-refractivity contribution in [1.82, 2.24) is 25.1 Å². The number of ether oxygens (including phenoxy) is 1. The number of nitrogens with zero attached hydrogens (tertiary/aromatic N) is 2. The Morgan fingerprint density at radius 1 is 0.953 bits per heavy atom. The van der Waals surface area contributed by atoms with E-state index < -0.39 is 0 Å². The molecule has 9 nitrogen and oxygen atoms in total. The molecular formula is C33H38ClN5O4. The van der Waals surface area contributed by atoms with Gasteiger partial charge in [-0.25, -0.2) is 4.79 Å². The van der Waals surface area contributed by atoms with Crippen molar-refractivity contribution in [3.8, 4) is 22.6 Å². The van der Waals surface area contributed by atoms with E-state index in [1.807, 2.05) is 51.1 Å². The molecule has 2 heterocycles. The Hall–Kier alpha value is -4.24. The Morgan fingerprint density at radius 3 is 2.21 bits per heavy atom. The van der Waals surface area contributed by atoms with E-state index in [1.54, 1.807) is 33.4 Å². The predicted octanol–water partition coefficient (Wildman–Crippen LogP) is 6.22. The van der Waals surface area contributed by atoms with Crippen LogP contribution < -0.4 is 20.9 Å². The lowest BCUT2D eigenvalue weighted by molar-refractivity contribution is 0.0919. The molecule has 1 saturated carbocycles. The highest BCUT2D eigenvalue weighted by Gasteiger charge is 2.25. The molecule has 1 aliphatic rings. The normalized spacial score (nSPS) is 16.6. The lowest BCUT2D eigenvalue weighted by Crippen LogP contribution is -2.46. The van der Waals surface area contributed by atoms with E-state index in [0.29, 0.717) is 27.4 Å². The average molecular weight is 604 g/mol. The summed E-state index contributed by atoms with van der Waals surface area (Å²) in [6, 6.07) is 11.4. The third-order valence-corrected chi connectivity index (χ3v) is 8.23. The van der Waals surface area contributed by atoms with Crippen molar-refractivity contribution in [3.63, 3.8) is 0 Å². The summed E-state index contributed by atoms with van der Waals surface area (Å²) in [6.45, 7) is 5.92. The lowest BCUT2D eigenvalue weighted by Gasteiger charge is -2.30. The molecule has 0 aliphatic heterocycles. The minimum atomic E-state index is -0.257. The number of pyridine rings is 1. The van der Waals surface area contributed by atoms with Gasteiger partial charge < -0.3 is 29.8 Å². The maximum Gasteiger partial charge on any atom is 0.317 e. The fraction of sp³-hybridized carbons (Fsp3) is 0.364. The zero-order valence-corrected chi connectivity index (χ0v) is 26.2. The zero-order chi connectivity index (χ0) is 31.0. The Morgan fingerprint density at radius 2 is 1.58 bits per heavy atom. The minimum Gasteiger partial charge on any atom is -0.457 e. The van der Waals surface area contributed by atoms with Gasteiger partial charge in [-0.2, -0.15) is 0 Å². The van der Waals surface area contributed by atoms with Gasteiger partial charge in [0.1, 0.15) is 22.7 Å². The van der Waals surface area contributed by atoms with Crippen molar-refractivity contribution in [2.45, 2.75) is 58.5 Å². The van der Waals surface area contributed by atoms with Crippen LogP contribution in [0.5, 0.6) is 11.5 Å². The summed E-state index contributed by atoms with van der Waals surface area (Å²) in [7, 11) is 5.14. The fourth-order valence-corrected chi connectivity index (χ4v) is 6.10. The molecule has 0 bridgehead atoms. The van der Waals surface area contributed by atoms with Crippen molar-refractivity contribution in [3.05, 3.63) is 80.4 Å². The molecule has 43 heavy (non-hydrogen) atoms. The number of carbonyl (C=O) groups excluding carboxylic acids is 2. The summed E-state index contributed by atoms with van der Waals surface area (Å²) < 4.78 is 7.87. The monoisotopic (exact) mass is 603 g/mol. The number of rotatable bonds is 6. The number of benzene rings is 2. The SMILES string of the molecule is Cc1cc(Oc2c(C)cc(Cl)cc2C)cc(-c2cn(C)c(=O)c3[nH]c(C(=O)NC4CCC(NC(=O)N(C)C)CC4)cc23)c1. The molecule has 3 amide bonds. The smallest absolute Gasteiger partial charge is 0.317 e. The van der Waals surface area contributed by atoms with Crippen LogP contribution in [0.3, 0.4) is 0 Å². The topological polar surface area (TPSA) is 108 Å². The highest BCUT2D eigenvalue weighted by atomic mass is 35.5. The summed E-state index contributed by atoms with van der Waals surface area (Å²) >= 11 is 6.22. The Kier molecular flexibility index (Phi) is 8.55. The van der Waals surface area contributed by atoms with Crippen molar-refractivity contribution in [1.29, 1.82) is 0 Å². The van der Waals surface area contributed by atoms with E-state index in [9.17, 15) is 14.4 Å². The van der Waals surface area contributed by atoms with Gasteiger partial charge in [0.15, 0.2) is 0 Å². The van der Waals surface area contributed by atoms with Crippen LogP contribution in [-0.2, 0) is 7.05 Å². The largest absolute Gasteiger partial charge is 0.457 e. The summed E-state index contributed by atoms with van der Waals surface area (Å²) in [4.78, 5) is 43.0. The molecule has 10 heteroatoms. The summed E-state index contributed by atoms with van der Waals surface area (Å²) in [5, 5.41) is 7.46. The molecule has 2 aromatic carbocycles. The first-order valence-electron chi connectivity index (χ1n) is 14.5. The summed E-state index contributed by atoms with van der Waals surface area (Å²) in [5.74, 6) is 1.16. The van der Waals surface area contributed by atoms with Crippen LogP contribution >= 0.6 is 11.6 Å². The molecule has 4 aromatic rings. The number of fused-ring (bicyclic) bond motifs is 1. The van der Waals surface area contributed by atoms with Crippen LogP contribution in [0.15, 0.2) is 47.4 Å². The molecule has 0 saturated heterocycles. The van der Waals surface area contributed by atoms with Crippen molar-refractivity contribution in [2.75, 3.05) is 14.1 Å². The molecule has 226 valence electrons. The Bertz CT molecular complexity index is 1740. The number of carbonyl (C=O) groups is 2. The molecule has 2 aromatic heterocycles. The number of hydrogen-bond donors (Lipinski definition) is 3. The summed E-state index contributed by atoms with van der Waals surface area (Å²) in [6.07, 6.45) is 4.89. The number of hydrogen-bond acceptors (Lipinski definition) is 4. The maximum atomic E-state index is 13.3. The van der Waals surface area contributed by atoms with E-state index in [4.69, 9.17) is 16.3 Å². The Labute approximate surface area is 256 Å². The third kappa shape index (κ3) is 6.57. The van der Waals surface area contributed by atoms with Crippen molar-refractivity contribution < 1.29 is 14.3 Å². The van der Waals surface area contributed by atoms with Gasteiger partial charge in [0, 0.05) is 55.4 Å². The number of aryl methyl sites for hydroxylation is 4. The molecule has 0 spiro atoms. The van der Waals surface area contributed by atoms with Crippen molar-refractivity contribution in [2.24, 2.45) is 7.05 Å². The van der Waals surface area contributed by atoms with Crippen LogP contribution in [0.1, 0.15) is 52.9 Å². The van der Waals surface area contributed by atoms with Gasteiger partial charge >= 0.3 is 6.03 Å². The number of halogens is 1. The second-order valence-electron chi connectivity index (χ2n) is 11.8. The van der Waals surface area contributed by atoms with Gasteiger partial charge in [-0.15, -0.1) is 0 Å². The molecule has 0 atom stereocenters. The zero-order valence-electron chi connectivity index (χ0n) is 25.4. The predicted molar refractivity (Wildman–Crippen MR) is 170 cm³/mol. The first-order chi connectivity index (χ1) is 20.4. The average Bonchev–Trinajstić information content (AvgIpc) is 3.39. The highest BCUT2D eigenvalue weighted by molar-refractivity contribution is 6.30. The summed E-state index contributed by atoms with van der Waals surface area (Å²) in [5.41, 5.74) is 5.02. The van der Waals surface area contributed by atoms with Crippen LogP contribution in [0.4, 0.5) is 4.79 Å². The van der Waals surface area contributed by atoms with Crippen LogP contribution in [-0.4, -0.2) is 52.6 Å². The van der Waals surface area contributed by atoms with Gasteiger partial charge in [-0.05, 0) is 99.0 Å². The molecule has 5 rings (SSSR count). The van der Waals surface area contributed by atoms with Crippen LogP contribution in [0.2, 0.25) is 5.02 Å². The van der Waals surface area contributed by atoms with E-state index in [0.717, 1.165) is 59.3 Å². The van der Waals surface area contributed by atoms with E-state index in [2.05, 4.69) is 15.6 Å². The minimum absolute atomic E-state index is 0.00927. The van der Waals surface area contributed by atoms with E-state index in [1.165, 1.54) is 9.47 Å². The standard InChI is InChI=1S/C33H38ClN5O4/c1-18-11-21(15-25(12-18)43-30-19(2)13-22(34)14-20(30)3)27-17-39(6)32(41)29-26(27)16-28(37-29)31(40)35-23-7-9-24(10-8-23)36-33(42)38(4)5/h11-17,23-24,37H,7-10H2,1-6H3,(H,35,40)(H,36,42). The first kappa shape index (κ1) is 30.2. The number of aromatic nitrogens is 2. The molecule has 1 fully saturated rings. The van der Waals surface area contributed by atoms with Crippen molar-refractivity contribution >= 4 is 34.4 Å².